The fourth-order valence-electron chi connectivity index (χ4n) is 2.20. The van der Waals surface area contributed by atoms with Gasteiger partial charge in [0.05, 0.1) is 0 Å². The number of H-pyrrole nitrogens is 1. The quantitative estimate of drug-likeness (QED) is 0.725. The molecule has 0 fully saturated rings. The summed E-state index contributed by atoms with van der Waals surface area (Å²) in [6.07, 6.45) is -0.268. The number of hydrogen-bond donors (Lipinski definition) is 1. The highest BCUT2D eigenvalue weighted by Crippen LogP contribution is 2.20. The smallest absolute Gasteiger partial charge is 0.355 e. The Morgan fingerprint density at radius 1 is 1.05 bits per heavy atom. The number of fused-ring (bicyclic) bond motifs is 1. The molecule has 100 valence electrons. The summed E-state index contributed by atoms with van der Waals surface area (Å²) in [7, 11) is 0. The first-order valence-corrected chi connectivity index (χ1v) is 6.58. The predicted molar refractivity (Wildman–Crippen MR) is 78.6 cm³/mol. The largest absolute Gasteiger partial charge is 0.453 e. The van der Waals surface area contributed by atoms with E-state index in [1.807, 2.05) is 67.6 Å². The predicted octanol–water partition coefficient (Wildman–Crippen LogP) is 4.09. The zero-order chi connectivity index (χ0) is 13.9. The van der Waals surface area contributed by atoms with Gasteiger partial charge in [-0.05, 0) is 24.6 Å². The van der Waals surface area contributed by atoms with Gasteiger partial charge in [0.2, 0.25) is 0 Å². The molecule has 0 unspecified atom stereocenters. The fourth-order valence-corrected chi connectivity index (χ4v) is 2.20. The van der Waals surface area contributed by atoms with E-state index in [-0.39, 0.29) is 12.1 Å². The number of aromatic nitrogens is 1. The van der Waals surface area contributed by atoms with E-state index in [2.05, 4.69) is 4.98 Å². The molecule has 0 spiro atoms. The molecule has 1 heterocycles. The minimum atomic E-state index is -0.336. The van der Waals surface area contributed by atoms with Crippen LogP contribution in [0, 0.1) is 0 Å². The molecule has 0 saturated carbocycles. The van der Waals surface area contributed by atoms with E-state index in [9.17, 15) is 4.79 Å². The van der Waals surface area contributed by atoms with Crippen molar-refractivity contribution >= 4 is 16.9 Å². The van der Waals surface area contributed by atoms with Crippen molar-refractivity contribution < 1.29 is 9.53 Å². The van der Waals surface area contributed by atoms with Gasteiger partial charge in [-0.15, -0.1) is 0 Å². The van der Waals surface area contributed by atoms with Crippen molar-refractivity contribution in [3.63, 3.8) is 0 Å². The van der Waals surface area contributed by atoms with E-state index in [1.54, 1.807) is 0 Å². The molecule has 1 aromatic heterocycles. The topological polar surface area (TPSA) is 42.1 Å². The van der Waals surface area contributed by atoms with Crippen molar-refractivity contribution in [1.29, 1.82) is 0 Å². The maximum Gasteiger partial charge on any atom is 0.355 e. The van der Waals surface area contributed by atoms with E-state index in [0.29, 0.717) is 5.69 Å². The first-order chi connectivity index (χ1) is 9.74. The molecule has 0 amide bonds. The molecule has 0 radical (unpaired) electrons. The van der Waals surface area contributed by atoms with E-state index in [0.717, 1.165) is 16.5 Å². The fraction of sp³-hybridized carbons (Fsp3) is 0.118. The molecule has 0 saturated heterocycles. The second-order valence-electron chi connectivity index (χ2n) is 4.73. The molecular weight excluding hydrogens is 250 g/mol. The molecule has 3 rings (SSSR count). The number of esters is 1. The average molecular weight is 265 g/mol. The summed E-state index contributed by atoms with van der Waals surface area (Å²) in [5.41, 5.74) is 2.40. The van der Waals surface area contributed by atoms with Crippen LogP contribution in [0.1, 0.15) is 29.1 Å². The monoisotopic (exact) mass is 265 g/mol. The minimum Gasteiger partial charge on any atom is -0.453 e. The highest BCUT2D eigenvalue weighted by Gasteiger charge is 2.15. The number of nitrogens with one attached hydrogen (secondary N) is 1. The first kappa shape index (κ1) is 12.5. The third kappa shape index (κ3) is 2.43. The second kappa shape index (κ2) is 5.21. The molecule has 20 heavy (non-hydrogen) atoms. The second-order valence-corrected chi connectivity index (χ2v) is 4.73. The van der Waals surface area contributed by atoms with Crippen molar-refractivity contribution in [2.24, 2.45) is 0 Å². The molecule has 2 aromatic carbocycles. The van der Waals surface area contributed by atoms with Crippen LogP contribution in [-0.2, 0) is 4.74 Å². The van der Waals surface area contributed by atoms with Crippen LogP contribution in [-0.4, -0.2) is 11.0 Å². The lowest BCUT2D eigenvalue weighted by atomic mass is 10.1. The van der Waals surface area contributed by atoms with Crippen LogP contribution in [0.3, 0.4) is 0 Å². The van der Waals surface area contributed by atoms with Crippen LogP contribution in [0.2, 0.25) is 0 Å². The third-order valence-electron chi connectivity index (χ3n) is 3.30. The molecule has 1 atom stereocenters. The summed E-state index contributed by atoms with van der Waals surface area (Å²) >= 11 is 0. The zero-order valence-electron chi connectivity index (χ0n) is 11.2. The Morgan fingerprint density at radius 2 is 1.75 bits per heavy atom. The van der Waals surface area contributed by atoms with Crippen LogP contribution in [0.5, 0.6) is 0 Å². The Kier molecular flexibility index (Phi) is 3.25. The maximum atomic E-state index is 12.1. The first-order valence-electron chi connectivity index (χ1n) is 6.58. The molecular formula is C17H15NO2. The van der Waals surface area contributed by atoms with Gasteiger partial charge >= 0.3 is 5.97 Å². The van der Waals surface area contributed by atoms with E-state index < -0.39 is 0 Å². The van der Waals surface area contributed by atoms with Gasteiger partial charge in [0, 0.05) is 10.9 Å². The van der Waals surface area contributed by atoms with Crippen LogP contribution in [0.4, 0.5) is 0 Å². The molecule has 0 aliphatic heterocycles. The number of para-hydroxylation sites is 1. The lowest BCUT2D eigenvalue weighted by molar-refractivity contribution is 0.0332. The number of benzene rings is 2. The van der Waals surface area contributed by atoms with Crippen molar-refractivity contribution in [1.82, 2.24) is 4.98 Å². The minimum absolute atomic E-state index is 0.268. The van der Waals surface area contributed by atoms with Crippen LogP contribution in [0.25, 0.3) is 10.9 Å². The normalized spacial score (nSPS) is 12.2. The Balaban J connectivity index is 1.79. The van der Waals surface area contributed by atoms with Crippen LogP contribution < -0.4 is 0 Å². The van der Waals surface area contributed by atoms with Gasteiger partial charge < -0.3 is 9.72 Å². The van der Waals surface area contributed by atoms with Crippen molar-refractivity contribution in [2.45, 2.75) is 13.0 Å². The standard InChI is InChI=1S/C17H15NO2/c1-12(13-7-3-2-4-8-13)20-17(19)16-11-14-9-5-6-10-15(14)18-16/h2-12,18H,1H3/t12-/m1/s1. The lowest BCUT2D eigenvalue weighted by Gasteiger charge is -2.12. The van der Waals surface area contributed by atoms with Gasteiger partial charge in [-0.1, -0.05) is 48.5 Å². The van der Waals surface area contributed by atoms with Crippen LogP contribution >= 0.6 is 0 Å². The van der Waals surface area contributed by atoms with Gasteiger partial charge in [-0.2, -0.15) is 0 Å². The van der Waals surface area contributed by atoms with Gasteiger partial charge in [0.25, 0.3) is 0 Å². The van der Waals surface area contributed by atoms with Crippen molar-refractivity contribution in [3.05, 3.63) is 71.9 Å². The molecule has 3 aromatic rings. The Morgan fingerprint density at radius 3 is 2.50 bits per heavy atom. The summed E-state index contributed by atoms with van der Waals surface area (Å²) in [6.45, 7) is 1.87. The molecule has 3 heteroatoms. The van der Waals surface area contributed by atoms with E-state index >= 15 is 0 Å². The Hall–Kier alpha value is -2.55. The van der Waals surface area contributed by atoms with Gasteiger partial charge in [-0.25, -0.2) is 4.79 Å². The summed E-state index contributed by atoms with van der Waals surface area (Å²) in [5, 5.41) is 1.01. The van der Waals surface area contributed by atoms with Crippen molar-refractivity contribution in [3.8, 4) is 0 Å². The van der Waals surface area contributed by atoms with Gasteiger partial charge in [0.15, 0.2) is 0 Å². The summed E-state index contributed by atoms with van der Waals surface area (Å²) in [6, 6.07) is 19.3. The Labute approximate surface area is 117 Å². The lowest BCUT2D eigenvalue weighted by Crippen LogP contribution is -2.09. The summed E-state index contributed by atoms with van der Waals surface area (Å²) < 4.78 is 5.48. The zero-order valence-corrected chi connectivity index (χ0v) is 11.2. The number of hydrogen-bond acceptors (Lipinski definition) is 2. The number of ether oxygens (including phenoxy) is 1. The van der Waals surface area contributed by atoms with Crippen molar-refractivity contribution in [2.75, 3.05) is 0 Å². The number of carbonyl (C=O) groups is 1. The Bertz CT molecular complexity index is 698. The highest BCUT2D eigenvalue weighted by atomic mass is 16.5. The molecule has 0 bridgehead atoms. The molecule has 1 N–H and O–H groups in total. The maximum absolute atomic E-state index is 12.1. The molecule has 0 aliphatic carbocycles. The van der Waals surface area contributed by atoms with E-state index in [4.69, 9.17) is 4.74 Å². The third-order valence-corrected chi connectivity index (χ3v) is 3.30. The summed E-state index contributed by atoms with van der Waals surface area (Å²) in [5.74, 6) is -0.336. The van der Waals surface area contributed by atoms with Crippen LogP contribution in [0.15, 0.2) is 60.7 Å². The molecule has 3 nitrogen and oxygen atoms in total. The average Bonchev–Trinajstić information content (AvgIpc) is 2.92. The number of rotatable bonds is 3. The number of carbonyl (C=O) groups excluding carboxylic acids is 1. The van der Waals surface area contributed by atoms with Gasteiger partial charge in [-0.3, -0.25) is 0 Å². The van der Waals surface area contributed by atoms with Gasteiger partial charge in [0.1, 0.15) is 11.8 Å². The number of aromatic amines is 1. The highest BCUT2D eigenvalue weighted by molar-refractivity contribution is 5.94. The van der Waals surface area contributed by atoms with E-state index in [1.165, 1.54) is 0 Å². The summed E-state index contributed by atoms with van der Waals surface area (Å²) in [4.78, 5) is 15.2. The SMILES string of the molecule is C[C@@H](OC(=O)c1cc2ccccc2[nH]1)c1ccccc1. The molecule has 0 aliphatic rings.